The third kappa shape index (κ3) is 3.51. The summed E-state index contributed by atoms with van der Waals surface area (Å²) in [5.74, 6) is 1.52. The van der Waals surface area contributed by atoms with E-state index in [4.69, 9.17) is 10.5 Å². The first kappa shape index (κ1) is 15.3. The molecule has 0 spiro atoms. The van der Waals surface area contributed by atoms with Gasteiger partial charge in [0.2, 0.25) is 0 Å². The van der Waals surface area contributed by atoms with Gasteiger partial charge in [-0.2, -0.15) is 0 Å². The smallest absolute Gasteiger partial charge is 0.165 e. The largest absolute Gasteiger partial charge is 0.494 e. The molecule has 1 aromatic carbocycles. The number of halogens is 1. The molecule has 0 aliphatic heterocycles. The summed E-state index contributed by atoms with van der Waals surface area (Å²) in [6.45, 7) is 4.57. The van der Waals surface area contributed by atoms with Gasteiger partial charge in [0.25, 0.3) is 0 Å². The Morgan fingerprint density at radius 2 is 2.00 bits per heavy atom. The molecule has 2 nitrogen and oxygen atoms in total. The van der Waals surface area contributed by atoms with Gasteiger partial charge in [-0.15, -0.1) is 0 Å². The van der Waals surface area contributed by atoms with Crippen LogP contribution >= 0.6 is 0 Å². The van der Waals surface area contributed by atoms with E-state index in [1.165, 1.54) is 20.0 Å². The molecule has 0 bridgehead atoms. The molecule has 0 atom stereocenters. The van der Waals surface area contributed by atoms with Crippen LogP contribution in [-0.4, -0.2) is 12.6 Å². The second-order valence-electron chi connectivity index (χ2n) is 6.59. The quantitative estimate of drug-likeness (QED) is 0.906. The van der Waals surface area contributed by atoms with Crippen LogP contribution in [-0.2, 0) is 6.42 Å². The molecule has 1 saturated carbocycles. The van der Waals surface area contributed by atoms with Crippen LogP contribution in [0.2, 0.25) is 0 Å². The maximum atomic E-state index is 13.7. The highest BCUT2D eigenvalue weighted by Gasteiger charge is 2.32. The summed E-state index contributed by atoms with van der Waals surface area (Å²) in [6.07, 6.45) is 5.19. The van der Waals surface area contributed by atoms with Crippen LogP contribution in [0.3, 0.4) is 0 Å². The lowest BCUT2D eigenvalue weighted by atomic mass is 9.71. The predicted molar refractivity (Wildman–Crippen MR) is 80.4 cm³/mol. The van der Waals surface area contributed by atoms with Crippen molar-refractivity contribution in [2.75, 3.05) is 7.11 Å². The molecule has 112 valence electrons. The van der Waals surface area contributed by atoms with Gasteiger partial charge in [0.1, 0.15) is 0 Å². The Labute approximate surface area is 121 Å². The number of ether oxygens (including phenoxy) is 1. The Bertz CT molecular complexity index is 450. The summed E-state index contributed by atoms with van der Waals surface area (Å²) in [7, 11) is 1.48. The highest BCUT2D eigenvalue weighted by molar-refractivity contribution is 5.30. The van der Waals surface area contributed by atoms with Crippen LogP contribution in [0.5, 0.6) is 5.75 Å². The third-order valence-electron chi connectivity index (χ3n) is 4.74. The molecule has 1 aliphatic carbocycles. The monoisotopic (exact) mass is 279 g/mol. The minimum Gasteiger partial charge on any atom is -0.494 e. The minimum absolute atomic E-state index is 0.174. The Balaban J connectivity index is 2.01. The summed E-state index contributed by atoms with van der Waals surface area (Å²) >= 11 is 0. The van der Waals surface area contributed by atoms with E-state index >= 15 is 0 Å². The number of benzene rings is 1. The zero-order valence-corrected chi connectivity index (χ0v) is 12.8. The van der Waals surface area contributed by atoms with E-state index in [-0.39, 0.29) is 11.4 Å². The summed E-state index contributed by atoms with van der Waals surface area (Å²) in [5, 5.41) is 0. The van der Waals surface area contributed by atoms with Gasteiger partial charge in [0.15, 0.2) is 11.6 Å². The van der Waals surface area contributed by atoms with Crippen molar-refractivity contribution in [3.8, 4) is 5.75 Å². The van der Waals surface area contributed by atoms with Gasteiger partial charge in [0, 0.05) is 5.54 Å². The highest BCUT2D eigenvalue weighted by atomic mass is 19.1. The number of rotatable bonds is 4. The first-order chi connectivity index (χ1) is 9.43. The molecule has 1 aromatic rings. The molecule has 0 aromatic heterocycles. The molecule has 2 N–H and O–H groups in total. The van der Waals surface area contributed by atoms with Crippen molar-refractivity contribution in [2.24, 2.45) is 17.6 Å². The van der Waals surface area contributed by atoms with E-state index in [1.54, 1.807) is 12.1 Å². The van der Waals surface area contributed by atoms with Crippen molar-refractivity contribution in [1.82, 2.24) is 0 Å². The second kappa shape index (κ2) is 6.13. The van der Waals surface area contributed by atoms with Crippen LogP contribution in [0, 0.1) is 17.7 Å². The molecule has 0 unspecified atom stereocenters. The van der Waals surface area contributed by atoms with Crippen molar-refractivity contribution < 1.29 is 9.13 Å². The Hall–Kier alpha value is -1.09. The fourth-order valence-electron chi connectivity index (χ4n) is 3.28. The van der Waals surface area contributed by atoms with Gasteiger partial charge in [-0.05, 0) is 61.6 Å². The maximum absolute atomic E-state index is 13.7. The molecule has 2 rings (SSSR count). The lowest BCUT2D eigenvalue weighted by molar-refractivity contribution is 0.194. The Morgan fingerprint density at radius 3 is 2.50 bits per heavy atom. The van der Waals surface area contributed by atoms with Gasteiger partial charge in [-0.3, -0.25) is 0 Å². The standard InChI is InChI=1S/C17H26FNO/c1-12(2)14-6-8-17(19,9-7-14)11-13-4-5-16(20-3)15(18)10-13/h4-5,10,12,14H,6-9,11,19H2,1-3H3. The molecule has 1 aliphatic rings. The van der Waals surface area contributed by atoms with Crippen molar-refractivity contribution in [3.63, 3.8) is 0 Å². The molecule has 1 fully saturated rings. The van der Waals surface area contributed by atoms with Crippen molar-refractivity contribution in [2.45, 2.75) is 51.5 Å². The van der Waals surface area contributed by atoms with Crippen LogP contribution < -0.4 is 10.5 Å². The first-order valence-corrected chi connectivity index (χ1v) is 7.55. The van der Waals surface area contributed by atoms with Crippen LogP contribution in [0.4, 0.5) is 4.39 Å². The SMILES string of the molecule is COc1ccc(CC2(N)CCC(C(C)C)CC2)cc1F. The minimum atomic E-state index is -0.301. The molecule has 20 heavy (non-hydrogen) atoms. The molecular weight excluding hydrogens is 253 g/mol. The van der Waals surface area contributed by atoms with E-state index < -0.39 is 0 Å². The maximum Gasteiger partial charge on any atom is 0.165 e. The van der Waals surface area contributed by atoms with Gasteiger partial charge >= 0.3 is 0 Å². The third-order valence-corrected chi connectivity index (χ3v) is 4.74. The van der Waals surface area contributed by atoms with Gasteiger partial charge in [-0.1, -0.05) is 19.9 Å². The molecule has 3 heteroatoms. The number of nitrogens with two attached hydrogens (primary N) is 1. The first-order valence-electron chi connectivity index (χ1n) is 7.55. The number of hydrogen-bond donors (Lipinski definition) is 1. The van der Waals surface area contributed by atoms with Crippen molar-refractivity contribution >= 4 is 0 Å². The Morgan fingerprint density at radius 1 is 1.35 bits per heavy atom. The summed E-state index contributed by atoms with van der Waals surface area (Å²) in [5.41, 5.74) is 7.31. The van der Waals surface area contributed by atoms with Crippen LogP contribution in [0.15, 0.2) is 18.2 Å². The van der Waals surface area contributed by atoms with Gasteiger partial charge in [-0.25, -0.2) is 4.39 Å². The highest BCUT2D eigenvalue weighted by Crippen LogP contribution is 2.36. The zero-order chi connectivity index (χ0) is 14.8. The van der Waals surface area contributed by atoms with Gasteiger partial charge < -0.3 is 10.5 Å². The van der Waals surface area contributed by atoms with E-state index in [1.807, 2.05) is 6.07 Å². The fourth-order valence-corrected chi connectivity index (χ4v) is 3.28. The summed E-state index contributed by atoms with van der Waals surface area (Å²) in [4.78, 5) is 0. The lowest BCUT2D eigenvalue weighted by Gasteiger charge is -2.38. The average Bonchev–Trinajstić information content (AvgIpc) is 2.39. The average molecular weight is 279 g/mol. The summed E-state index contributed by atoms with van der Waals surface area (Å²) < 4.78 is 18.7. The number of methoxy groups -OCH3 is 1. The predicted octanol–water partition coefficient (Wildman–Crippen LogP) is 3.92. The van der Waals surface area contributed by atoms with Gasteiger partial charge in [0.05, 0.1) is 7.11 Å². The van der Waals surface area contributed by atoms with Crippen molar-refractivity contribution in [1.29, 1.82) is 0 Å². The van der Waals surface area contributed by atoms with E-state index in [9.17, 15) is 4.39 Å². The topological polar surface area (TPSA) is 35.2 Å². The molecule has 0 saturated heterocycles. The zero-order valence-electron chi connectivity index (χ0n) is 12.8. The van der Waals surface area contributed by atoms with E-state index in [2.05, 4.69) is 13.8 Å². The number of hydrogen-bond acceptors (Lipinski definition) is 2. The molecule has 0 heterocycles. The van der Waals surface area contributed by atoms with E-state index in [0.717, 1.165) is 36.7 Å². The lowest BCUT2D eigenvalue weighted by Crippen LogP contribution is -2.45. The normalized spacial score (nSPS) is 26.8. The van der Waals surface area contributed by atoms with Crippen LogP contribution in [0.25, 0.3) is 0 Å². The molecule has 0 amide bonds. The fraction of sp³-hybridized carbons (Fsp3) is 0.647. The van der Waals surface area contributed by atoms with Crippen LogP contribution in [0.1, 0.15) is 45.1 Å². The second-order valence-corrected chi connectivity index (χ2v) is 6.59. The van der Waals surface area contributed by atoms with Crippen molar-refractivity contribution in [3.05, 3.63) is 29.6 Å². The Kier molecular flexibility index (Phi) is 4.69. The summed E-state index contributed by atoms with van der Waals surface area (Å²) in [6, 6.07) is 5.17. The molecular formula is C17H26FNO. The molecule has 0 radical (unpaired) electrons. The van der Waals surface area contributed by atoms with E-state index in [0.29, 0.717) is 5.75 Å².